The van der Waals surface area contributed by atoms with Crippen LogP contribution in [0, 0.1) is 11.8 Å². The van der Waals surface area contributed by atoms with E-state index in [2.05, 4.69) is 17.0 Å². The van der Waals surface area contributed by atoms with Gasteiger partial charge in [0, 0.05) is 28.7 Å². The molecule has 0 amide bonds. The molecule has 0 bridgehead atoms. The lowest BCUT2D eigenvalue weighted by molar-refractivity contribution is 0.300. The minimum absolute atomic E-state index is 0.261. The minimum atomic E-state index is 0.261. The third kappa shape index (κ3) is 4.89. The van der Waals surface area contributed by atoms with Crippen molar-refractivity contribution in [2.24, 2.45) is 0 Å². The molecule has 1 aliphatic carbocycles. The van der Waals surface area contributed by atoms with E-state index < -0.39 is 0 Å². The van der Waals surface area contributed by atoms with Crippen LogP contribution in [0.5, 0.6) is 5.75 Å². The second kappa shape index (κ2) is 9.53. The Morgan fingerprint density at radius 3 is 2.33 bits per heavy atom. The summed E-state index contributed by atoms with van der Waals surface area (Å²) in [6, 6.07) is 20.6. The number of aromatic nitrogens is 1. The van der Waals surface area contributed by atoms with Crippen LogP contribution in [0.4, 0.5) is 0 Å². The van der Waals surface area contributed by atoms with Crippen molar-refractivity contribution in [2.45, 2.75) is 25.4 Å². The van der Waals surface area contributed by atoms with Crippen molar-refractivity contribution in [3.8, 4) is 28.8 Å². The first-order valence-electron chi connectivity index (χ1n) is 10.5. The molecule has 0 radical (unpaired) electrons. The predicted octanol–water partition coefficient (Wildman–Crippen LogP) is 8.16. The monoisotopic (exact) mass is 493 g/mol. The van der Waals surface area contributed by atoms with Crippen LogP contribution in [0.1, 0.15) is 41.2 Å². The predicted molar refractivity (Wildman–Crippen MR) is 132 cm³/mol. The zero-order chi connectivity index (χ0) is 22.8. The van der Waals surface area contributed by atoms with Gasteiger partial charge in [-0.05, 0) is 49.2 Å². The van der Waals surface area contributed by atoms with Crippen molar-refractivity contribution in [3.05, 3.63) is 104 Å². The van der Waals surface area contributed by atoms with Gasteiger partial charge in [-0.2, -0.15) is 0 Å². The summed E-state index contributed by atoms with van der Waals surface area (Å²) in [5, 5.41) is 5.86. The Kier molecular flexibility index (Phi) is 6.33. The van der Waals surface area contributed by atoms with Crippen LogP contribution in [-0.4, -0.2) is 5.16 Å². The van der Waals surface area contributed by atoms with Gasteiger partial charge in [0.1, 0.15) is 23.8 Å². The number of benzene rings is 3. The van der Waals surface area contributed by atoms with Gasteiger partial charge >= 0.3 is 0 Å². The summed E-state index contributed by atoms with van der Waals surface area (Å²) >= 11 is 19.3. The highest BCUT2D eigenvalue weighted by Gasteiger charge is 2.33. The summed E-state index contributed by atoms with van der Waals surface area (Å²) in [5.41, 5.74) is 3.79. The van der Waals surface area contributed by atoms with E-state index in [9.17, 15) is 0 Å². The molecule has 1 fully saturated rings. The maximum atomic E-state index is 6.47. The van der Waals surface area contributed by atoms with Crippen LogP contribution in [0.2, 0.25) is 15.1 Å². The van der Waals surface area contributed by atoms with Gasteiger partial charge in [0.05, 0.1) is 20.6 Å². The molecule has 164 valence electrons. The van der Waals surface area contributed by atoms with E-state index in [-0.39, 0.29) is 6.61 Å². The first-order chi connectivity index (χ1) is 16.1. The summed E-state index contributed by atoms with van der Waals surface area (Å²) in [6.07, 6.45) is 2.14. The average Bonchev–Trinajstić information content (AvgIpc) is 3.58. The van der Waals surface area contributed by atoms with E-state index in [1.807, 2.05) is 42.5 Å². The van der Waals surface area contributed by atoms with Gasteiger partial charge in [-0.25, -0.2) is 0 Å². The van der Waals surface area contributed by atoms with Gasteiger partial charge in [0.2, 0.25) is 0 Å². The first-order valence-corrected chi connectivity index (χ1v) is 11.7. The maximum Gasteiger partial charge on any atom is 0.147 e. The number of hydrogen-bond donors (Lipinski definition) is 0. The van der Waals surface area contributed by atoms with Crippen LogP contribution < -0.4 is 4.74 Å². The van der Waals surface area contributed by atoms with Gasteiger partial charge < -0.3 is 9.26 Å². The quantitative estimate of drug-likeness (QED) is 0.263. The summed E-state index contributed by atoms with van der Waals surface area (Å²) in [5.74, 6) is 8.04. The largest absolute Gasteiger partial charge is 0.489 e. The Morgan fingerprint density at radius 2 is 1.64 bits per heavy atom. The van der Waals surface area contributed by atoms with E-state index in [4.69, 9.17) is 44.1 Å². The molecule has 3 aromatic carbocycles. The molecule has 3 nitrogen and oxygen atoms in total. The Hall–Kier alpha value is -2.90. The van der Waals surface area contributed by atoms with E-state index in [1.165, 1.54) is 0 Å². The molecular formula is C27H18Cl3NO2. The maximum absolute atomic E-state index is 6.47. The summed E-state index contributed by atoms with van der Waals surface area (Å²) in [6.45, 7) is 0.261. The molecule has 0 aliphatic heterocycles. The number of ether oxygens (including phenoxy) is 1. The molecule has 33 heavy (non-hydrogen) atoms. The third-order valence-electron chi connectivity index (χ3n) is 5.41. The fraction of sp³-hybridized carbons (Fsp3) is 0.148. The molecule has 5 rings (SSSR count). The Bertz CT molecular complexity index is 1350. The van der Waals surface area contributed by atoms with Crippen molar-refractivity contribution < 1.29 is 9.26 Å². The molecule has 6 heteroatoms. The molecule has 0 N–H and O–H groups in total. The zero-order valence-electron chi connectivity index (χ0n) is 17.4. The van der Waals surface area contributed by atoms with Crippen LogP contribution in [0.3, 0.4) is 0 Å². The molecule has 4 aromatic rings. The second-order valence-electron chi connectivity index (χ2n) is 7.79. The molecule has 0 unspecified atom stereocenters. The van der Waals surface area contributed by atoms with Crippen molar-refractivity contribution in [1.82, 2.24) is 5.16 Å². The molecule has 1 aliphatic rings. The van der Waals surface area contributed by atoms with E-state index in [1.54, 1.807) is 24.3 Å². The van der Waals surface area contributed by atoms with Crippen molar-refractivity contribution in [1.29, 1.82) is 0 Å². The van der Waals surface area contributed by atoms with Crippen molar-refractivity contribution >= 4 is 34.8 Å². The summed E-state index contributed by atoms with van der Waals surface area (Å²) < 4.78 is 11.8. The van der Waals surface area contributed by atoms with Crippen LogP contribution >= 0.6 is 34.8 Å². The topological polar surface area (TPSA) is 35.3 Å². The number of rotatable bonds is 5. The average molecular weight is 495 g/mol. The van der Waals surface area contributed by atoms with Crippen LogP contribution in [-0.2, 0) is 6.61 Å². The fourth-order valence-corrected chi connectivity index (χ4v) is 4.35. The van der Waals surface area contributed by atoms with Gasteiger partial charge in [-0.1, -0.05) is 76.1 Å². The standard InChI is InChI=1S/C27H18Cl3NO2/c28-22-7-4-8-23(29)25(22)26-21(27(33-31-26)19-11-12-19)16-32-20-14-13-18(24(30)15-20)10-9-17-5-2-1-3-6-17/h1-8,13-15,19H,11-12,16H2. The first kappa shape index (κ1) is 21.9. The summed E-state index contributed by atoms with van der Waals surface area (Å²) in [7, 11) is 0. The van der Waals surface area contributed by atoms with Crippen molar-refractivity contribution in [2.75, 3.05) is 0 Å². The smallest absolute Gasteiger partial charge is 0.147 e. The van der Waals surface area contributed by atoms with Crippen molar-refractivity contribution in [3.63, 3.8) is 0 Å². The van der Waals surface area contributed by atoms with Gasteiger partial charge in [0.15, 0.2) is 0 Å². The number of halogens is 3. The molecular weight excluding hydrogens is 477 g/mol. The number of nitrogens with zero attached hydrogens (tertiary/aromatic N) is 1. The molecule has 1 heterocycles. The highest BCUT2D eigenvalue weighted by Crippen LogP contribution is 2.46. The highest BCUT2D eigenvalue weighted by atomic mass is 35.5. The fourth-order valence-electron chi connectivity index (χ4n) is 3.55. The Labute approximate surface area is 207 Å². The minimum Gasteiger partial charge on any atom is -0.489 e. The van der Waals surface area contributed by atoms with E-state index in [0.717, 1.165) is 35.3 Å². The lowest BCUT2D eigenvalue weighted by Gasteiger charge is -2.10. The molecule has 0 saturated heterocycles. The molecule has 1 aromatic heterocycles. The summed E-state index contributed by atoms with van der Waals surface area (Å²) in [4.78, 5) is 0. The van der Waals surface area contributed by atoms with Gasteiger partial charge in [0.25, 0.3) is 0 Å². The SMILES string of the molecule is Clc1cc(OCc2c(-c3c(Cl)cccc3Cl)noc2C2CC2)ccc1C#Cc1ccccc1. The third-order valence-corrected chi connectivity index (χ3v) is 6.35. The van der Waals surface area contributed by atoms with E-state index >= 15 is 0 Å². The zero-order valence-corrected chi connectivity index (χ0v) is 19.7. The number of hydrogen-bond acceptors (Lipinski definition) is 3. The Morgan fingerprint density at radius 1 is 0.879 bits per heavy atom. The molecule has 0 spiro atoms. The van der Waals surface area contributed by atoms with Gasteiger partial charge in [-0.15, -0.1) is 0 Å². The highest BCUT2D eigenvalue weighted by molar-refractivity contribution is 6.39. The van der Waals surface area contributed by atoms with E-state index in [0.29, 0.717) is 38.0 Å². The molecule has 1 saturated carbocycles. The van der Waals surface area contributed by atoms with Crippen LogP contribution in [0.25, 0.3) is 11.3 Å². The van der Waals surface area contributed by atoms with Crippen LogP contribution in [0.15, 0.2) is 71.3 Å². The lowest BCUT2D eigenvalue weighted by Crippen LogP contribution is -2.00. The lowest BCUT2D eigenvalue weighted by atomic mass is 10.0. The molecule has 0 atom stereocenters. The van der Waals surface area contributed by atoms with Gasteiger partial charge in [-0.3, -0.25) is 0 Å². The Balaban J connectivity index is 1.39. The normalized spacial score (nSPS) is 12.8. The second-order valence-corrected chi connectivity index (χ2v) is 9.01.